The third-order valence-corrected chi connectivity index (χ3v) is 4.89. The number of hydrogen-bond acceptors (Lipinski definition) is 2. The number of thioether (sulfide) groups is 1. The smallest absolute Gasteiger partial charge is 0.220 e. The van der Waals surface area contributed by atoms with E-state index in [0.29, 0.717) is 11.8 Å². The molecule has 0 heterocycles. The Morgan fingerprint density at radius 2 is 2.05 bits per heavy atom. The number of carbonyl (C=O) groups is 1. The quantitative estimate of drug-likeness (QED) is 0.803. The van der Waals surface area contributed by atoms with Crippen LogP contribution in [0.5, 0.6) is 0 Å². The van der Waals surface area contributed by atoms with E-state index in [-0.39, 0.29) is 5.91 Å². The van der Waals surface area contributed by atoms with Gasteiger partial charge in [0.1, 0.15) is 0 Å². The zero-order valence-corrected chi connectivity index (χ0v) is 12.9. The normalized spacial score (nSPS) is 16.2. The van der Waals surface area contributed by atoms with Gasteiger partial charge in [0.15, 0.2) is 0 Å². The largest absolute Gasteiger partial charge is 0.356 e. The monoisotopic (exact) mass is 277 g/mol. The zero-order chi connectivity index (χ0) is 13.9. The number of hydrogen-bond donors (Lipinski definition) is 1. The lowest BCUT2D eigenvalue weighted by atomic mass is 10.1. The highest BCUT2D eigenvalue weighted by atomic mass is 32.2. The van der Waals surface area contributed by atoms with Crippen LogP contribution in [-0.4, -0.2) is 18.2 Å². The number of nitrogens with one attached hydrogen (secondary N) is 1. The molecule has 0 bridgehead atoms. The summed E-state index contributed by atoms with van der Waals surface area (Å²) in [6, 6.07) is 6.48. The van der Waals surface area contributed by atoms with Gasteiger partial charge in [-0.2, -0.15) is 0 Å². The van der Waals surface area contributed by atoms with E-state index in [4.69, 9.17) is 0 Å². The molecule has 0 aromatic heterocycles. The van der Waals surface area contributed by atoms with Gasteiger partial charge in [0.05, 0.1) is 0 Å². The van der Waals surface area contributed by atoms with Gasteiger partial charge in [-0.15, -0.1) is 11.8 Å². The van der Waals surface area contributed by atoms with Gasteiger partial charge in [-0.3, -0.25) is 4.79 Å². The first-order valence-electron chi connectivity index (χ1n) is 6.95. The van der Waals surface area contributed by atoms with E-state index in [1.165, 1.54) is 28.9 Å². The second-order valence-corrected chi connectivity index (χ2v) is 7.10. The maximum Gasteiger partial charge on any atom is 0.220 e. The van der Waals surface area contributed by atoms with Gasteiger partial charge in [-0.25, -0.2) is 0 Å². The van der Waals surface area contributed by atoms with E-state index in [1.807, 2.05) is 0 Å². The van der Waals surface area contributed by atoms with Crippen molar-refractivity contribution in [2.45, 2.75) is 44.9 Å². The van der Waals surface area contributed by atoms with Crippen molar-refractivity contribution in [1.82, 2.24) is 5.32 Å². The van der Waals surface area contributed by atoms with Crippen molar-refractivity contribution in [2.75, 3.05) is 12.3 Å². The van der Waals surface area contributed by atoms with Gasteiger partial charge < -0.3 is 5.32 Å². The van der Waals surface area contributed by atoms with Gasteiger partial charge in [-0.05, 0) is 55.4 Å². The summed E-state index contributed by atoms with van der Waals surface area (Å²) in [7, 11) is 0. The topological polar surface area (TPSA) is 29.1 Å². The van der Waals surface area contributed by atoms with Crippen LogP contribution in [0.4, 0.5) is 0 Å². The minimum atomic E-state index is 0.185. The van der Waals surface area contributed by atoms with Crippen molar-refractivity contribution in [1.29, 1.82) is 0 Å². The van der Waals surface area contributed by atoms with Gasteiger partial charge in [-0.1, -0.05) is 13.0 Å². The fourth-order valence-corrected chi connectivity index (χ4v) is 2.80. The molecule has 1 amide bonds. The minimum Gasteiger partial charge on any atom is -0.356 e. The Balaban J connectivity index is 1.67. The number of aryl methyl sites for hydroxylation is 2. The van der Waals surface area contributed by atoms with Crippen LogP contribution in [-0.2, 0) is 4.79 Å². The van der Waals surface area contributed by atoms with Crippen LogP contribution < -0.4 is 5.32 Å². The lowest BCUT2D eigenvalue weighted by molar-refractivity contribution is -0.120. The summed E-state index contributed by atoms with van der Waals surface area (Å²) in [6.45, 7) is 7.33. The van der Waals surface area contributed by atoms with Crippen LogP contribution in [0.3, 0.4) is 0 Å². The van der Waals surface area contributed by atoms with E-state index in [1.54, 1.807) is 11.8 Å². The van der Waals surface area contributed by atoms with Crippen molar-refractivity contribution in [3.8, 4) is 0 Å². The first kappa shape index (κ1) is 14.4. The number of amides is 1. The molecule has 3 heteroatoms. The fourth-order valence-electron chi connectivity index (χ4n) is 1.86. The number of benzene rings is 1. The average molecular weight is 277 g/mol. The summed E-state index contributed by atoms with van der Waals surface area (Å²) >= 11 is 1.76. The molecule has 2 rings (SSSR count). The second-order valence-electron chi connectivity index (χ2n) is 5.93. The van der Waals surface area contributed by atoms with Gasteiger partial charge in [0.2, 0.25) is 5.91 Å². The average Bonchev–Trinajstić information content (AvgIpc) is 3.10. The molecule has 1 saturated carbocycles. The fraction of sp³-hybridized carbons (Fsp3) is 0.562. The van der Waals surface area contributed by atoms with Crippen LogP contribution in [0.15, 0.2) is 23.1 Å². The number of carbonyl (C=O) groups excluding carboxylic acids is 1. The molecular formula is C16H23NOS. The summed E-state index contributed by atoms with van der Waals surface area (Å²) in [6.07, 6.45) is 3.11. The van der Waals surface area contributed by atoms with E-state index in [9.17, 15) is 4.79 Å². The van der Waals surface area contributed by atoms with E-state index in [0.717, 1.165) is 12.3 Å². The maximum atomic E-state index is 11.7. The standard InChI is InChI=1S/C16H23NOS/c1-12-4-5-14(10-13(12)2)19-9-6-15(18)17-11-16(3)7-8-16/h4-5,10H,6-9,11H2,1-3H3,(H,17,18). The molecule has 0 atom stereocenters. The highest BCUT2D eigenvalue weighted by molar-refractivity contribution is 7.99. The molecule has 0 spiro atoms. The molecule has 0 aliphatic heterocycles. The molecule has 1 fully saturated rings. The van der Waals surface area contributed by atoms with Gasteiger partial charge in [0.25, 0.3) is 0 Å². The third-order valence-electron chi connectivity index (χ3n) is 3.89. The van der Waals surface area contributed by atoms with Crippen LogP contribution in [0.1, 0.15) is 37.3 Å². The molecular weight excluding hydrogens is 254 g/mol. The van der Waals surface area contributed by atoms with E-state index in [2.05, 4.69) is 44.3 Å². The molecule has 19 heavy (non-hydrogen) atoms. The lowest BCUT2D eigenvalue weighted by Crippen LogP contribution is -2.29. The van der Waals surface area contributed by atoms with E-state index < -0.39 is 0 Å². The highest BCUT2D eigenvalue weighted by Gasteiger charge is 2.37. The molecule has 2 nitrogen and oxygen atoms in total. The van der Waals surface area contributed by atoms with Crippen molar-refractivity contribution < 1.29 is 4.79 Å². The molecule has 0 saturated heterocycles. The lowest BCUT2D eigenvalue weighted by Gasteiger charge is -2.10. The Bertz CT molecular complexity index is 466. The van der Waals surface area contributed by atoms with Gasteiger partial charge in [0, 0.05) is 23.6 Å². The summed E-state index contributed by atoms with van der Waals surface area (Å²) < 4.78 is 0. The summed E-state index contributed by atoms with van der Waals surface area (Å²) in [5.74, 6) is 1.04. The van der Waals surface area contributed by atoms with Crippen LogP contribution >= 0.6 is 11.8 Å². The Kier molecular flexibility index (Phi) is 4.56. The molecule has 1 N–H and O–H groups in total. The van der Waals surface area contributed by atoms with Crippen molar-refractivity contribution >= 4 is 17.7 Å². The SMILES string of the molecule is Cc1ccc(SCCC(=O)NCC2(C)CC2)cc1C. The zero-order valence-electron chi connectivity index (χ0n) is 12.1. The maximum absolute atomic E-state index is 11.7. The summed E-state index contributed by atoms with van der Waals surface area (Å²) in [5, 5.41) is 3.04. The molecule has 1 aromatic carbocycles. The van der Waals surface area contributed by atoms with Crippen LogP contribution in [0, 0.1) is 19.3 Å². The molecule has 0 radical (unpaired) electrons. The Labute approximate surface area is 120 Å². The molecule has 0 unspecified atom stereocenters. The Hall–Kier alpha value is -0.960. The second kappa shape index (κ2) is 6.00. The summed E-state index contributed by atoms with van der Waals surface area (Å²) in [4.78, 5) is 13.0. The molecule has 104 valence electrons. The first-order chi connectivity index (χ1) is 8.98. The minimum absolute atomic E-state index is 0.185. The van der Waals surface area contributed by atoms with Crippen LogP contribution in [0.25, 0.3) is 0 Å². The molecule has 1 aliphatic rings. The van der Waals surface area contributed by atoms with Gasteiger partial charge >= 0.3 is 0 Å². The van der Waals surface area contributed by atoms with Crippen molar-refractivity contribution in [2.24, 2.45) is 5.41 Å². The summed E-state index contributed by atoms with van der Waals surface area (Å²) in [5.41, 5.74) is 3.03. The molecule has 1 aromatic rings. The predicted octanol–water partition coefficient (Wildman–Crippen LogP) is 3.70. The Morgan fingerprint density at radius 3 is 2.68 bits per heavy atom. The predicted molar refractivity (Wildman–Crippen MR) is 81.6 cm³/mol. The van der Waals surface area contributed by atoms with Crippen LogP contribution in [0.2, 0.25) is 0 Å². The number of rotatable bonds is 6. The van der Waals surface area contributed by atoms with E-state index >= 15 is 0 Å². The Morgan fingerprint density at radius 1 is 1.32 bits per heavy atom. The third kappa shape index (κ3) is 4.57. The van der Waals surface area contributed by atoms with Crippen molar-refractivity contribution in [3.63, 3.8) is 0 Å². The first-order valence-corrected chi connectivity index (χ1v) is 7.94. The molecule has 1 aliphatic carbocycles. The highest BCUT2D eigenvalue weighted by Crippen LogP contribution is 2.44. The van der Waals surface area contributed by atoms with Crippen molar-refractivity contribution in [3.05, 3.63) is 29.3 Å².